The van der Waals surface area contributed by atoms with E-state index in [2.05, 4.69) is 15.1 Å². The molecule has 1 aliphatic rings. The number of ketones is 2. The maximum Gasteiger partial charge on any atom is 0.221 e. The van der Waals surface area contributed by atoms with Crippen LogP contribution in [0.2, 0.25) is 0 Å². The van der Waals surface area contributed by atoms with Crippen LogP contribution in [-0.4, -0.2) is 47.0 Å². The van der Waals surface area contributed by atoms with Gasteiger partial charge in [0.2, 0.25) is 5.95 Å². The Morgan fingerprint density at radius 2 is 1.93 bits per heavy atom. The van der Waals surface area contributed by atoms with Gasteiger partial charge in [0.1, 0.15) is 5.82 Å². The second kappa shape index (κ2) is 11.7. The average Bonchev–Trinajstić information content (AvgIpc) is 3.53. The van der Waals surface area contributed by atoms with Gasteiger partial charge in [0, 0.05) is 36.9 Å². The molecule has 4 aromatic rings. The van der Waals surface area contributed by atoms with Crippen LogP contribution in [0.5, 0.6) is 11.5 Å². The zero-order valence-electron chi connectivity index (χ0n) is 22.5. The number of aromatic nitrogens is 2. The minimum atomic E-state index is -0.450. The third-order valence-corrected chi connectivity index (χ3v) is 6.67. The second-order valence-electron chi connectivity index (χ2n) is 9.25. The zero-order chi connectivity index (χ0) is 28.9. The molecule has 0 radical (unpaired) electrons. The molecule has 2 aromatic carbocycles. The smallest absolute Gasteiger partial charge is 0.221 e. The monoisotopic (exact) mass is 552 g/mol. The minimum absolute atomic E-state index is 0.0757. The number of nitrogens with two attached hydrogens (primary N) is 2. The Morgan fingerprint density at radius 1 is 1.10 bits per heavy atom. The molecule has 4 N–H and O–H groups in total. The van der Waals surface area contributed by atoms with E-state index in [9.17, 15) is 9.59 Å². The Balaban J connectivity index is 1.45. The first-order chi connectivity index (χ1) is 19.9. The molecule has 1 unspecified atom stereocenters. The summed E-state index contributed by atoms with van der Waals surface area (Å²) in [5.74, 6) is 0.714. The topological polar surface area (TPSA) is 159 Å². The molecule has 0 spiro atoms. The van der Waals surface area contributed by atoms with Gasteiger partial charge in [-0.05, 0) is 41.0 Å². The predicted octanol–water partition coefficient (Wildman–Crippen LogP) is 4.20. The normalized spacial score (nSPS) is 14.2. The van der Waals surface area contributed by atoms with E-state index in [1.807, 2.05) is 24.3 Å². The number of fused-ring (bicyclic) bond motifs is 1. The van der Waals surface area contributed by atoms with Crippen LogP contribution in [0.25, 0.3) is 0 Å². The number of carbonyl (C=O) groups excluding carboxylic acids is 2. The van der Waals surface area contributed by atoms with Gasteiger partial charge in [-0.3, -0.25) is 14.6 Å². The van der Waals surface area contributed by atoms with E-state index in [-0.39, 0.29) is 46.8 Å². The zero-order valence-corrected chi connectivity index (χ0v) is 22.5. The van der Waals surface area contributed by atoms with Crippen molar-refractivity contribution in [3.8, 4) is 11.5 Å². The van der Waals surface area contributed by atoms with Crippen LogP contribution in [0.1, 0.15) is 55.6 Å². The summed E-state index contributed by atoms with van der Waals surface area (Å²) < 4.78 is 16.4. The first kappa shape index (κ1) is 27.1. The van der Waals surface area contributed by atoms with Gasteiger partial charge in [-0.1, -0.05) is 24.3 Å². The Hall–Kier alpha value is -5.45. The summed E-state index contributed by atoms with van der Waals surface area (Å²) in [7, 11) is 2.96. The number of carbonyl (C=O) groups is 2. The van der Waals surface area contributed by atoms with E-state index in [4.69, 9.17) is 25.4 Å². The number of hydrogen-bond donors (Lipinski definition) is 2. The van der Waals surface area contributed by atoms with Crippen molar-refractivity contribution in [3.63, 3.8) is 0 Å². The number of nitrogens with zero attached hydrogens (tertiary/aromatic N) is 4. The quantitative estimate of drug-likeness (QED) is 0.216. The van der Waals surface area contributed by atoms with Gasteiger partial charge in [0.05, 0.1) is 38.3 Å². The molecule has 41 heavy (non-hydrogen) atoms. The van der Waals surface area contributed by atoms with Crippen LogP contribution in [0.15, 0.2) is 82.8 Å². The Labute approximate surface area is 236 Å². The fourth-order valence-electron chi connectivity index (χ4n) is 4.67. The Kier molecular flexibility index (Phi) is 7.77. The van der Waals surface area contributed by atoms with Gasteiger partial charge in [-0.15, -0.1) is 0 Å². The number of rotatable bonds is 10. The van der Waals surface area contributed by atoms with Crippen LogP contribution >= 0.6 is 0 Å². The molecule has 0 aliphatic carbocycles. The fourth-order valence-corrected chi connectivity index (χ4v) is 4.67. The summed E-state index contributed by atoms with van der Waals surface area (Å²) >= 11 is 0. The van der Waals surface area contributed by atoms with Crippen molar-refractivity contribution >= 4 is 29.5 Å². The van der Waals surface area contributed by atoms with Gasteiger partial charge < -0.3 is 25.4 Å². The molecule has 1 aliphatic heterocycles. The number of allylic oxidation sites excluding steroid dienone is 1. The van der Waals surface area contributed by atoms with Crippen molar-refractivity contribution in [3.05, 3.63) is 107 Å². The lowest BCUT2D eigenvalue weighted by molar-refractivity contribution is 0.0915. The first-order valence-corrected chi connectivity index (χ1v) is 12.7. The molecule has 11 heteroatoms. The third-order valence-electron chi connectivity index (χ3n) is 6.67. The summed E-state index contributed by atoms with van der Waals surface area (Å²) in [6, 6.07) is 14.0. The SMILES string of the molecule is COc1cc(Cc2cnc(N)nc2N)cc(C(=O)/C=C/N2N=Cc3ccccc3C2CC(=O)c2ccco2)c1OC. The highest BCUT2D eigenvalue weighted by atomic mass is 16.5. The summed E-state index contributed by atoms with van der Waals surface area (Å²) in [6.07, 6.45) is 8.07. The number of methoxy groups -OCH3 is 2. The molecule has 0 bridgehead atoms. The lowest BCUT2D eigenvalue weighted by atomic mass is 9.94. The van der Waals surface area contributed by atoms with Crippen molar-refractivity contribution < 1.29 is 23.5 Å². The predicted molar refractivity (Wildman–Crippen MR) is 153 cm³/mol. The van der Waals surface area contributed by atoms with Crippen LogP contribution in [0.3, 0.4) is 0 Å². The van der Waals surface area contributed by atoms with Crippen molar-refractivity contribution in [1.29, 1.82) is 0 Å². The van der Waals surface area contributed by atoms with E-state index < -0.39 is 6.04 Å². The van der Waals surface area contributed by atoms with Gasteiger partial charge in [0.15, 0.2) is 28.8 Å². The molecular formula is C30H28N6O5. The number of furan rings is 1. The number of nitrogen functional groups attached to an aromatic ring is 2. The van der Waals surface area contributed by atoms with Gasteiger partial charge >= 0.3 is 0 Å². The number of Topliss-reactive ketones (excluding diaryl/α,β-unsaturated/α-hetero) is 1. The van der Waals surface area contributed by atoms with Crippen LogP contribution in [-0.2, 0) is 6.42 Å². The van der Waals surface area contributed by atoms with E-state index in [0.29, 0.717) is 17.7 Å². The second-order valence-corrected chi connectivity index (χ2v) is 9.25. The maximum absolute atomic E-state index is 13.6. The number of benzene rings is 2. The molecular weight excluding hydrogens is 524 g/mol. The van der Waals surface area contributed by atoms with Crippen molar-refractivity contribution in [2.45, 2.75) is 18.9 Å². The van der Waals surface area contributed by atoms with Gasteiger partial charge in [0.25, 0.3) is 0 Å². The summed E-state index contributed by atoms with van der Waals surface area (Å²) in [5, 5.41) is 6.11. The van der Waals surface area contributed by atoms with Gasteiger partial charge in [-0.25, -0.2) is 4.98 Å². The Bertz CT molecular complexity index is 1650. The molecule has 5 rings (SSSR count). The standard InChI is InChI=1S/C30H28N6O5/c1-39-27-14-18(12-20-16-33-30(32)35-29(20)31)13-22(28(27)40-2)24(37)9-10-36-23(15-25(38)26-8-5-11-41-26)21-7-4-3-6-19(21)17-34-36/h3-11,13-14,16-17,23H,12,15H2,1-2H3,(H4,31,32,33,35)/b10-9+. The fraction of sp³-hybridized carbons (Fsp3) is 0.167. The molecule has 208 valence electrons. The van der Waals surface area contributed by atoms with Crippen LogP contribution < -0.4 is 20.9 Å². The van der Waals surface area contributed by atoms with Gasteiger partial charge in [-0.2, -0.15) is 10.1 Å². The van der Waals surface area contributed by atoms with Crippen molar-refractivity contribution in [2.75, 3.05) is 25.7 Å². The van der Waals surface area contributed by atoms with E-state index in [0.717, 1.165) is 16.7 Å². The number of ether oxygens (including phenoxy) is 2. The lowest BCUT2D eigenvalue weighted by Crippen LogP contribution is -2.26. The van der Waals surface area contributed by atoms with E-state index in [1.54, 1.807) is 47.9 Å². The van der Waals surface area contributed by atoms with E-state index >= 15 is 0 Å². The highest BCUT2D eigenvalue weighted by Crippen LogP contribution is 2.35. The lowest BCUT2D eigenvalue weighted by Gasteiger charge is -2.30. The number of hydrogen-bond acceptors (Lipinski definition) is 11. The summed E-state index contributed by atoms with van der Waals surface area (Å²) in [5.41, 5.74) is 15.1. The minimum Gasteiger partial charge on any atom is -0.493 e. The van der Waals surface area contributed by atoms with Crippen LogP contribution in [0.4, 0.5) is 11.8 Å². The molecule has 0 amide bonds. The molecule has 3 heterocycles. The number of hydrazone groups is 1. The summed E-state index contributed by atoms with van der Waals surface area (Å²) in [4.78, 5) is 34.5. The molecule has 0 saturated heterocycles. The van der Waals surface area contributed by atoms with Crippen LogP contribution in [0, 0.1) is 0 Å². The molecule has 0 saturated carbocycles. The highest BCUT2D eigenvalue weighted by molar-refractivity contribution is 6.07. The highest BCUT2D eigenvalue weighted by Gasteiger charge is 2.28. The summed E-state index contributed by atoms with van der Waals surface area (Å²) in [6.45, 7) is 0. The third kappa shape index (κ3) is 5.78. The number of anilines is 2. The molecule has 0 fully saturated rings. The molecule has 11 nitrogen and oxygen atoms in total. The first-order valence-electron chi connectivity index (χ1n) is 12.7. The van der Waals surface area contributed by atoms with Crippen molar-refractivity contribution in [1.82, 2.24) is 15.0 Å². The molecule has 2 aromatic heterocycles. The Morgan fingerprint density at radius 3 is 2.66 bits per heavy atom. The average molecular weight is 553 g/mol. The van der Waals surface area contributed by atoms with Crippen molar-refractivity contribution in [2.24, 2.45) is 5.10 Å². The largest absolute Gasteiger partial charge is 0.493 e. The van der Waals surface area contributed by atoms with E-state index in [1.165, 1.54) is 26.6 Å². The maximum atomic E-state index is 13.6. The molecule has 1 atom stereocenters.